The Labute approximate surface area is 154 Å². The Balaban J connectivity index is 1.56. The van der Waals surface area contributed by atoms with E-state index in [1.807, 2.05) is 30.3 Å². The Hall–Kier alpha value is -3.03. The molecule has 1 aliphatic heterocycles. The number of carbonyl (C=O) groups excluding carboxylic acids is 1. The summed E-state index contributed by atoms with van der Waals surface area (Å²) in [7, 11) is 0. The molecular formula is C19H18F3N3O2. The van der Waals surface area contributed by atoms with E-state index in [9.17, 15) is 18.0 Å². The molecule has 0 aliphatic carbocycles. The van der Waals surface area contributed by atoms with Crippen molar-refractivity contribution in [3.8, 4) is 11.5 Å². The number of anilines is 1. The Morgan fingerprint density at radius 1 is 1.15 bits per heavy atom. The van der Waals surface area contributed by atoms with E-state index >= 15 is 0 Å². The third kappa shape index (κ3) is 4.99. The molecule has 1 atom stereocenters. The molecule has 0 radical (unpaired) electrons. The minimum Gasteiger partial charge on any atom is -0.457 e. The lowest BCUT2D eigenvalue weighted by Crippen LogP contribution is -2.32. The number of rotatable bonds is 5. The number of hydrogen-bond donors (Lipinski definition) is 1. The first-order valence-corrected chi connectivity index (χ1v) is 8.35. The molecule has 1 aliphatic rings. The molecule has 27 heavy (non-hydrogen) atoms. The van der Waals surface area contributed by atoms with E-state index < -0.39 is 23.8 Å². The normalized spacial score (nSPS) is 16.8. The molecule has 2 aromatic rings. The molecule has 0 saturated carbocycles. The first kappa shape index (κ1) is 18.8. The molecule has 1 amide bonds. The van der Waals surface area contributed by atoms with Gasteiger partial charge in [-0.1, -0.05) is 18.2 Å². The zero-order chi connectivity index (χ0) is 19.4. The SMILES string of the molecule is CC1CC(C(F)(F)F)=NN1CC(=O)Nc1ccc(Oc2ccccc2)cc1. The third-order valence-corrected chi connectivity index (χ3v) is 4.00. The zero-order valence-electron chi connectivity index (χ0n) is 14.5. The summed E-state index contributed by atoms with van der Waals surface area (Å²) in [5.74, 6) is 0.855. The van der Waals surface area contributed by atoms with Gasteiger partial charge in [-0.05, 0) is 43.3 Å². The van der Waals surface area contributed by atoms with E-state index in [1.54, 1.807) is 31.2 Å². The molecule has 2 aromatic carbocycles. The van der Waals surface area contributed by atoms with E-state index in [-0.39, 0.29) is 13.0 Å². The van der Waals surface area contributed by atoms with Crippen LogP contribution in [-0.4, -0.2) is 35.4 Å². The highest BCUT2D eigenvalue weighted by Gasteiger charge is 2.41. The Morgan fingerprint density at radius 2 is 1.78 bits per heavy atom. The highest BCUT2D eigenvalue weighted by Crippen LogP contribution is 2.27. The quantitative estimate of drug-likeness (QED) is 0.839. The van der Waals surface area contributed by atoms with Gasteiger partial charge >= 0.3 is 6.18 Å². The van der Waals surface area contributed by atoms with Crippen molar-refractivity contribution in [3.05, 3.63) is 54.6 Å². The molecule has 3 rings (SSSR count). The smallest absolute Gasteiger partial charge is 0.431 e. The van der Waals surface area contributed by atoms with E-state index in [4.69, 9.17) is 4.74 Å². The summed E-state index contributed by atoms with van der Waals surface area (Å²) in [6.45, 7) is 1.36. The number of benzene rings is 2. The lowest BCUT2D eigenvalue weighted by atomic mass is 10.2. The molecule has 142 valence electrons. The number of nitrogens with one attached hydrogen (secondary N) is 1. The van der Waals surface area contributed by atoms with Gasteiger partial charge in [0.1, 0.15) is 23.8 Å². The summed E-state index contributed by atoms with van der Waals surface area (Å²) in [5.41, 5.74) is -0.336. The monoisotopic (exact) mass is 377 g/mol. The second-order valence-electron chi connectivity index (χ2n) is 6.18. The van der Waals surface area contributed by atoms with Crippen molar-refractivity contribution in [1.29, 1.82) is 0 Å². The number of ether oxygens (including phenoxy) is 1. The van der Waals surface area contributed by atoms with Gasteiger partial charge in [-0.2, -0.15) is 18.3 Å². The van der Waals surface area contributed by atoms with Crippen LogP contribution in [0.4, 0.5) is 18.9 Å². The van der Waals surface area contributed by atoms with E-state index in [1.165, 1.54) is 0 Å². The number of para-hydroxylation sites is 1. The van der Waals surface area contributed by atoms with Crippen LogP contribution < -0.4 is 10.1 Å². The molecule has 0 bridgehead atoms. The molecule has 1 unspecified atom stereocenters. The van der Waals surface area contributed by atoms with Gasteiger partial charge in [0.25, 0.3) is 0 Å². The summed E-state index contributed by atoms with van der Waals surface area (Å²) in [5, 5.41) is 7.33. The fourth-order valence-corrected chi connectivity index (χ4v) is 2.62. The topological polar surface area (TPSA) is 53.9 Å². The fraction of sp³-hybridized carbons (Fsp3) is 0.263. The van der Waals surface area contributed by atoms with Gasteiger partial charge in [-0.3, -0.25) is 9.80 Å². The number of hydrogen-bond acceptors (Lipinski definition) is 4. The van der Waals surface area contributed by atoms with Crippen molar-refractivity contribution in [3.63, 3.8) is 0 Å². The molecule has 1 N–H and O–H groups in total. The summed E-state index contributed by atoms with van der Waals surface area (Å²) in [6, 6.07) is 15.5. The lowest BCUT2D eigenvalue weighted by Gasteiger charge is -2.19. The average Bonchev–Trinajstić information content (AvgIpc) is 2.98. The molecule has 8 heteroatoms. The maximum absolute atomic E-state index is 12.7. The van der Waals surface area contributed by atoms with Crippen molar-refractivity contribution in [2.75, 3.05) is 11.9 Å². The van der Waals surface area contributed by atoms with Crippen LogP contribution in [0.5, 0.6) is 11.5 Å². The minimum absolute atomic E-state index is 0.220. The molecular weight excluding hydrogens is 359 g/mol. The molecule has 0 aromatic heterocycles. The number of halogens is 3. The molecule has 5 nitrogen and oxygen atoms in total. The Bertz CT molecular complexity index is 820. The standard InChI is InChI=1S/C19H18F3N3O2/c1-13-11-17(19(20,21)22)24-25(13)12-18(26)23-14-7-9-16(10-8-14)27-15-5-3-2-4-6-15/h2-10,13H,11-12H2,1H3,(H,23,26). The van der Waals surface area contributed by atoms with Gasteiger partial charge in [0, 0.05) is 12.1 Å². The van der Waals surface area contributed by atoms with E-state index in [0.717, 1.165) is 5.01 Å². The van der Waals surface area contributed by atoms with Crippen LogP contribution in [0.15, 0.2) is 59.7 Å². The van der Waals surface area contributed by atoms with Crippen LogP contribution in [0.3, 0.4) is 0 Å². The maximum atomic E-state index is 12.7. The van der Waals surface area contributed by atoms with Crippen molar-refractivity contribution in [2.45, 2.75) is 25.6 Å². The number of carbonyl (C=O) groups is 1. The summed E-state index contributed by atoms with van der Waals surface area (Å²) in [4.78, 5) is 12.1. The lowest BCUT2D eigenvalue weighted by molar-refractivity contribution is -0.117. The summed E-state index contributed by atoms with van der Waals surface area (Å²) in [6.07, 6.45) is -4.68. The first-order chi connectivity index (χ1) is 12.8. The van der Waals surface area contributed by atoms with Crippen LogP contribution in [0.2, 0.25) is 0 Å². The van der Waals surface area contributed by atoms with Gasteiger partial charge in [-0.15, -0.1) is 0 Å². The molecule has 0 fully saturated rings. The van der Waals surface area contributed by atoms with Crippen molar-refractivity contribution >= 4 is 17.3 Å². The van der Waals surface area contributed by atoms with Crippen molar-refractivity contribution in [1.82, 2.24) is 5.01 Å². The predicted molar refractivity (Wildman–Crippen MR) is 95.9 cm³/mol. The molecule has 0 spiro atoms. The highest BCUT2D eigenvalue weighted by molar-refractivity contribution is 5.94. The third-order valence-electron chi connectivity index (χ3n) is 4.00. The number of amides is 1. The fourth-order valence-electron chi connectivity index (χ4n) is 2.62. The molecule has 1 heterocycles. The first-order valence-electron chi connectivity index (χ1n) is 8.35. The molecule has 0 saturated heterocycles. The van der Waals surface area contributed by atoms with Gasteiger partial charge in [-0.25, -0.2) is 0 Å². The second kappa shape index (κ2) is 7.69. The average molecular weight is 377 g/mol. The second-order valence-corrected chi connectivity index (χ2v) is 6.18. The number of hydrazone groups is 1. The summed E-state index contributed by atoms with van der Waals surface area (Å²) >= 11 is 0. The predicted octanol–water partition coefficient (Wildman–Crippen LogP) is 4.43. The van der Waals surface area contributed by atoms with Crippen LogP contribution in [-0.2, 0) is 4.79 Å². The number of alkyl halides is 3. The summed E-state index contributed by atoms with van der Waals surface area (Å²) < 4.78 is 43.8. The zero-order valence-corrected chi connectivity index (χ0v) is 14.5. The van der Waals surface area contributed by atoms with E-state index in [0.29, 0.717) is 17.2 Å². The highest BCUT2D eigenvalue weighted by atomic mass is 19.4. The van der Waals surface area contributed by atoms with E-state index in [2.05, 4.69) is 10.4 Å². The van der Waals surface area contributed by atoms with Gasteiger partial charge < -0.3 is 10.1 Å². The Morgan fingerprint density at radius 3 is 2.37 bits per heavy atom. The Kier molecular flexibility index (Phi) is 5.34. The van der Waals surface area contributed by atoms with Crippen molar-refractivity contribution in [2.24, 2.45) is 5.10 Å². The minimum atomic E-state index is -4.46. The van der Waals surface area contributed by atoms with Crippen LogP contribution in [0, 0.1) is 0 Å². The largest absolute Gasteiger partial charge is 0.457 e. The maximum Gasteiger partial charge on any atom is 0.431 e. The number of nitrogens with zero attached hydrogens (tertiary/aromatic N) is 2. The van der Waals surface area contributed by atoms with Gasteiger partial charge in [0.05, 0.1) is 6.04 Å². The van der Waals surface area contributed by atoms with Crippen LogP contribution in [0.25, 0.3) is 0 Å². The van der Waals surface area contributed by atoms with Gasteiger partial charge in [0.15, 0.2) is 0 Å². The van der Waals surface area contributed by atoms with Gasteiger partial charge in [0.2, 0.25) is 5.91 Å². The van der Waals surface area contributed by atoms with Crippen LogP contribution in [0.1, 0.15) is 13.3 Å². The van der Waals surface area contributed by atoms with Crippen LogP contribution >= 0.6 is 0 Å². The van der Waals surface area contributed by atoms with Crippen molar-refractivity contribution < 1.29 is 22.7 Å².